The zero-order chi connectivity index (χ0) is 25.0. The zero-order valence-corrected chi connectivity index (χ0v) is 21.4. The van der Waals surface area contributed by atoms with E-state index in [9.17, 15) is 9.18 Å². The number of halogens is 1. The maximum absolute atomic E-state index is 14.4. The van der Waals surface area contributed by atoms with Crippen molar-refractivity contribution in [3.05, 3.63) is 48.4 Å². The number of fused-ring (bicyclic) bond motifs is 1. The van der Waals surface area contributed by atoms with Crippen molar-refractivity contribution < 1.29 is 23.4 Å². The van der Waals surface area contributed by atoms with Gasteiger partial charge in [0.15, 0.2) is 28.2 Å². The van der Waals surface area contributed by atoms with E-state index in [4.69, 9.17) is 14.2 Å². The van der Waals surface area contributed by atoms with Gasteiger partial charge in [0.05, 0.1) is 19.2 Å². The number of ether oxygens (including phenoxy) is 3. The first-order valence-corrected chi connectivity index (χ1v) is 12.9. The molecule has 1 heterocycles. The Hall–Kier alpha value is -3.00. The van der Waals surface area contributed by atoms with Gasteiger partial charge in [-0.2, -0.15) is 0 Å². The summed E-state index contributed by atoms with van der Waals surface area (Å²) in [6.45, 7) is 2.20. The summed E-state index contributed by atoms with van der Waals surface area (Å²) in [4.78, 5) is 15.4. The van der Waals surface area contributed by atoms with Gasteiger partial charge in [0.2, 0.25) is 0 Å². The van der Waals surface area contributed by atoms with Crippen LogP contribution in [-0.2, 0) is 4.79 Å². The van der Waals surface area contributed by atoms with E-state index in [-0.39, 0.29) is 10.9 Å². The molecule has 3 aromatic rings. The van der Waals surface area contributed by atoms with Gasteiger partial charge in [0.25, 0.3) is 0 Å². The number of rotatable bonds is 14. The Kier molecular flexibility index (Phi) is 10.5. The number of thioether (sulfide) groups is 1. The number of anilines is 1. The van der Waals surface area contributed by atoms with Gasteiger partial charge in [-0.3, -0.25) is 9.78 Å². The summed E-state index contributed by atoms with van der Waals surface area (Å²) >= 11 is 1.41. The highest BCUT2D eigenvalue weighted by atomic mass is 32.2. The predicted octanol–water partition coefficient (Wildman–Crippen LogP) is 7.22. The number of benzene rings is 2. The molecule has 0 amide bonds. The number of unbranched alkanes of at least 4 members (excludes halogenated alkanes) is 5. The zero-order valence-electron chi connectivity index (χ0n) is 20.6. The first-order chi connectivity index (χ1) is 17.0. The quantitative estimate of drug-likeness (QED) is 0.234. The largest absolute Gasteiger partial charge is 0.493 e. The van der Waals surface area contributed by atoms with E-state index in [1.807, 2.05) is 12.1 Å². The van der Waals surface area contributed by atoms with Crippen LogP contribution in [0.25, 0.3) is 10.9 Å². The second-order valence-corrected chi connectivity index (χ2v) is 9.41. The molecule has 0 saturated heterocycles. The summed E-state index contributed by atoms with van der Waals surface area (Å²) < 4.78 is 31.8. The molecular weight excluding hydrogens is 467 g/mol. The standard InChI is InChI=1S/C27H33FN2O4S/c1-19(31)35-15-9-7-5-4-6-8-14-33-27-18-23-21(17-26(27)32-3)24(12-13-30-23)34-25-11-10-20(29-2)16-22(25)28/h10-13,16-18,29H,4-9,14-15H2,1-3H3. The number of methoxy groups -OCH3 is 1. The van der Waals surface area contributed by atoms with Crippen LogP contribution < -0.4 is 19.5 Å². The van der Waals surface area contributed by atoms with Crippen LogP contribution in [0.1, 0.15) is 45.4 Å². The third kappa shape index (κ3) is 8.02. The third-order valence-corrected chi connectivity index (χ3v) is 6.43. The molecular formula is C27H33FN2O4S. The van der Waals surface area contributed by atoms with Crippen molar-refractivity contribution in [3.8, 4) is 23.0 Å². The Morgan fingerprint density at radius 2 is 1.74 bits per heavy atom. The topological polar surface area (TPSA) is 69.7 Å². The number of hydrogen-bond donors (Lipinski definition) is 1. The van der Waals surface area contributed by atoms with E-state index in [0.29, 0.717) is 40.4 Å². The summed E-state index contributed by atoms with van der Waals surface area (Å²) in [5.74, 6) is 2.27. The number of nitrogens with one attached hydrogen (secondary N) is 1. The van der Waals surface area contributed by atoms with Crippen LogP contribution in [0.2, 0.25) is 0 Å². The van der Waals surface area contributed by atoms with E-state index < -0.39 is 5.82 Å². The monoisotopic (exact) mass is 500 g/mol. The lowest BCUT2D eigenvalue weighted by atomic mass is 10.1. The van der Waals surface area contributed by atoms with Crippen LogP contribution in [0.3, 0.4) is 0 Å². The molecule has 0 atom stereocenters. The lowest BCUT2D eigenvalue weighted by molar-refractivity contribution is -0.109. The molecule has 0 aliphatic rings. The highest BCUT2D eigenvalue weighted by Gasteiger charge is 2.14. The van der Waals surface area contributed by atoms with Crippen molar-refractivity contribution in [3.63, 3.8) is 0 Å². The minimum atomic E-state index is -0.455. The minimum Gasteiger partial charge on any atom is -0.493 e. The maximum atomic E-state index is 14.4. The van der Waals surface area contributed by atoms with Gasteiger partial charge < -0.3 is 19.5 Å². The highest BCUT2D eigenvalue weighted by molar-refractivity contribution is 8.13. The number of carbonyl (C=O) groups excluding carboxylic acids is 1. The average molecular weight is 501 g/mol. The van der Waals surface area contributed by atoms with Crippen molar-refractivity contribution in [2.75, 3.05) is 31.8 Å². The fourth-order valence-corrected chi connectivity index (χ4v) is 4.29. The van der Waals surface area contributed by atoms with Crippen LogP contribution in [0.15, 0.2) is 42.6 Å². The first-order valence-electron chi connectivity index (χ1n) is 11.9. The predicted molar refractivity (Wildman–Crippen MR) is 141 cm³/mol. The highest BCUT2D eigenvalue weighted by Crippen LogP contribution is 2.37. The van der Waals surface area contributed by atoms with Crippen LogP contribution in [-0.4, -0.2) is 36.6 Å². The molecule has 0 aliphatic heterocycles. The van der Waals surface area contributed by atoms with Crippen molar-refractivity contribution in [1.82, 2.24) is 4.98 Å². The summed E-state index contributed by atoms with van der Waals surface area (Å²) in [5.41, 5.74) is 1.34. The van der Waals surface area contributed by atoms with Crippen molar-refractivity contribution in [1.29, 1.82) is 0 Å². The fraction of sp³-hybridized carbons (Fsp3) is 0.407. The summed E-state index contributed by atoms with van der Waals surface area (Å²) in [6, 6.07) is 10.1. The second kappa shape index (κ2) is 13.8. The number of hydrogen-bond acceptors (Lipinski definition) is 7. The Labute approximate surface area is 210 Å². The number of aromatic nitrogens is 1. The molecule has 0 bridgehead atoms. The van der Waals surface area contributed by atoms with E-state index in [1.165, 1.54) is 24.2 Å². The normalized spacial score (nSPS) is 10.9. The molecule has 0 fully saturated rings. The molecule has 1 aromatic heterocycles. The molecule has 188 valence electrons. The number of nitrogens with zero attached hydrogens (tertiary/aromatic N) is 1. The van der Waals surface area contributed by atoms with Crippen molar-refractivity contribution in [2.45, 2.75) is 45.4 Å². The molecule has 0 unspecified atom stereocenters. The van der Waals surface area contributed by atoms with Gasteiger partial charge in [0, 0.05) is 49.1 Å². The van der Waals surface area contributed by atoms with Gasteiger partial charge >= 0.3 is 0 Å². The van der Waals surface area contributed by atoms with Crippen LogP contribution in [0.4, 0.5) is 10.1 Å². The molecule has 8 heteroatoms. The van der Waals surface area contributed by atoms with E-state index in [2.05, 4.69) is 10.3 Å². The number of pyridine rings is 1. The third-order valence-electron chi connectivity index (χ3n) is 5.53. The van der Waals surface area contributed by atoms with E-state index >= 15 is 0 Å². The van der Waals surface area contributed by atoms with Crippen molar-refractivity contribution in [2.24, 2.45) is 0 Å². The maximum Gasteiger partial charge on any atom is 0.185 e. The Morgan fingerprint density at radius 3 is 2.46 bits per heavy atom. The molecule has 6 nitrogen and oxygen atoms in total. The molecule has 0 saturated carbocycles. The molecule has 0 spiro atoms. The van der Waals surface area contributed by atoms with E-state index in [1.54, 1.807) is 45.5 Å². The van der Waals surface area contributed by atoms with Crippen LogP contribution in [0, 0.1) is 5.82 Å². The summed E-state index contributed by atoms with van der Waals surface area (Å²) in [5, 5.41) is 3.80. The summed E-state index contributed by atoms with van der Waals surface area (Å²) in [7, 11) is 3.32. The SMILES string of the molecule is CNc1ccc(Oc2ccnc3cc(OCCCCCCCCSC(C)=O)c(OC)cc23)c(F)c1. The Bertz CT molecular complexity index is 1130. The molecule has 1 N–H and O–H groups in total. The van der Waals surface area contributed by atoms with Gasteiger partial charge in [-0.1, -0.05) is 37.4 Å². The van der Waals surface area contributed by atoms with Crippen molar-refractivity contribution >= 4 is 33.5 Å². The molecule has 2 aromatic carbocycles. The van der Waals surface area contributed by atoms with E-state index in [0.717, 1.165) is 37.9 Å². The smallest absolute Gasteiger partial charge is 0.185 e. The molecule has 3 rings (SSSR count). The lowest BCUT2D eigenvalue weighted by Crippen LogP contribution is -2.00. The van der Waals surface area contributed by atoms with Gasteiger partial charge in [-0.15, -0.1) is 0 Å². The van der Waals surface area contributed by atoms with Gasteiger partial charge in [-0.25, -0.2) is 4.39 Å². The average Bonchev–Trinajstić information content (AvgIpc) is 2.85. The van der Waals surface area contributed by atoms with Crippen LogP contribution >= 0.6 is 11.8 Å². The fourth-order valence-electron chi connectivity index (χ4n) is 3.66. The Morgan fingerprint density at radius 1 is 0.971 bits per heavy atom. The number of carbonyl (C=O) groups is 1. The second-order valence-electron chi connectivity index (χ2n) is 8.14. The molecule has 35 heavy (non-hydrogen) atoms. The molecule has 0 radical (unpaired) electrons. The van der Waals surface area contributed by atoms with Crippen LogP contribution in [0.5, 0.6) is 23.0 Å². The van der Waals surface area contributed by atoms with Gasteiger partial charge in [-0.05, 0) is 37.1 Å². The molecule has 0 aliphatic carbocycles. The summed E-state index contributed by atoms with van der Waals surface area (Å²) in [6.07, 6.45) is 8.22. The Balaban J connectivity index is 1.57. The minimum absolute atomic E-state index is 0.133. The first kappa shape index (κ1) is 26.6. The van der Waals surface area contributed by atoms with Gasteiger partial charge in [0.1, 0.15) is 5.75 Å². The lowest BCUT2D eigenvalue weighted by Gasteiger charge is -2.14.